The highest BCUT2D eigenvalue weighted by molar-refractivity contribution is 7.90. The molecule has 0 aliphatic carbocycles. The smallest absolute Gasteiger partial charge is 0.269 e. The quantitative estimate of drug-likeness (QED) is 0.409. The van der Waals surface area contributed by atoms with Crippen LogP contribution in [0.5, 0.6) is 5.75 Å². The van der Waals surface area contributed by atoms with Crippen molar-refractivity contribution >= 4 is 43.6 Å². The Morgan fingerprint density at radius 3 is 2.30 bits per heavy atom. The van der Waals surface area contributed by atoms with Crippen LogP contribution in [-0.4, -0.2) is 22.5 Å². The SMILES string of the molecule is O=S(=O)(c1ccccc1)n1c2ccc(-c3ccc(O)cc3)cc2c2c(Cl)ccnc21. The normalized spacial score (nSPS) is 11.9. The van der Waals surface area contributed by atoms with Crippen molar-refractivity contribution in [2.45, 2.75) is 4.90 Å². The van der Waals surface area contributed by atoms with E-state index in [1.54, 1.807) is 66.7 Å². The number of aromatic nitrogens is 2. The number of nitrogens with zero attached hydrogens (tertiary/aromatic N) is 2. The highest BCUT2D eigenvalue weighted by Crippen LogP contribution is 2.37. The molecule has 0 spiro atoms. The Kier molecular flexibility index (Phi) is 4.27. The van der Waals surface area contributed by atoms with Crippen LogP contribution in [0.4, 0.5) is 0 Å². The fraction of sp³-hybridized carbons (Fsp3) is 0. The van der Waals surface area contributed by atoms with Crippen molar-refractivity contribution in [3.8, 4) is 16.9 Å². The largest absolute Gasteiger partial charge is 0.508 e. The van der Waals surface area contributed by atoms with Gasteiger partial charge in [-0.1, -0.05) is 48.0 Å². The van der Waals surface area contributed by atoms with E-state index in [1.165, 1.54) is 10.2 Å². The highest BCUT2D eigenvalue weighted by atomic mass is 35.5. The Labute approximate surface area is 177 Å². The molecule has 0 atom stereocenters. The summed E-state index contributed by atoms with van der Waals surface area (Å²) in [5.41, 5.74) is 2.54. The molecule has 5 nitrogen and oxygen atoms in total. The van der Waals surface area contributed by atoms with Crippen molar-refractivity contribution in [3.63, 3.8) is 0 Å². The number of fused-ring (bicyclic) bond motifs is 3. The first kappa shape index (κ1) is 18.7. The molecular weight excluding hydrogens is 420 g/mol. The van der Waals surface area contributed by atoms with Gasteiger partial charge in [0.1, 0.15) is 5.75 Å². The molecule has 5 rings (SSSR count). The molecule has 0 radical (unpaired) electrons. The van der Waals surface area contributed by atoms with Crippen molar-refractivity contribution in [2.24, 2.45) is 0 Å². The Morgan fingerprint density at radius 2 is 1.57 bits per heavy atom. The molecule has 0 unspecified atom stereocenters. The predicted octanol–water partition coefficient (Wildman–Crippen LogP) is 5.45. The summed E-state index contributed by atoms with van der Waals surface area (Å²) in [6.45, 7) is 0. The second-order valence-electron chi connectivity index (χ2n) is 6.85. The average Bonchev–Trinajstić information content (AvgIpc) is 3.10. The number of halogens is 1. The molecule has 30 heavy (non-hydrogen) atoms. The second kappa shape index (κ2) is 6.86. The summed E-state index contributed by atoms with van der Waals surface area (Å²) in [5.74, 6) is 0.178. The van der Waals surface area contributed by atoms with Gasteiger partial charge in [0.25, 0.3) is 10.0 Å². The van der Waals surface area contributed by atoms with Crippen LogP contribution >= 0.6 is 11.6 Å². The third kappa shape index (κ3) is 2.84. The van der Waals surface area contributed by atoms with Crippen LogP contribution in [-0.2, 0) is 10.0 Å². The van der Waals surface area contributed by atoms with Gasteiger partial charge in [-0.05, 0) is 53.6 Å². The summed E-state index contributed by atoms with van der Waals surface area (Å²) in [4.78, 5) is 4.53. The van der Waals surface area contributed by atoms with Crippen LogP contribution in [0, 0.1) is 0 Å². The van der Waals surface area contributed by atoms with Crippen molar-refractivity contribution in [1.82, 2.24) is 8.96 Å². The Balaban J connectivity index is 1.86. The third-order valence-corrected chi connectivity index (χ3v) is 7.07. The lowest BCUT2D eigenvalue weighted by molar-refractivity contribution is 0.475. The number of phenolic OH excluding ortho intramolecular Hbond substituents is 1. The highest BCUT2D eigenvalue weighted by Gasteiger charge is 2.25. The van der Waals surface area contributed by atoms with Gasteiger partial charge in [0.2, 0.25) is 0 Å². The molecule has 0 aliphatic heterocycles. The number of phenols is 1. The topological polar surface area (TPSA) is 72.2 Å². The standard InChI is InChI=1S/C23H15ClN2O3S/c24-20-12-13-25-23-22(20)19-14-16(15-6-9-17(27)10-7-15)8-11-21(19)26(23)30(28,29)18-4-2-1-3-5-18/h1-14,27H. The van der Waals surface area contributed by atoms with E-state index in [1.807, 2.05) is 12.1 Å². The van der Waals surface area contributed by atoms with Gasteiger partial charge in [0.05, 0.1) is 15.4 Å². The van der Waals surface area contributed by atoms with E-state index in [-0.39, 0.29) is 16.3 Å². The summed E-state index contributed by atoms with van der Waals surface area (Å²) < 4.78 is 28.2. The van der Waals surface area contributed by atoms with E-state index in [2.05, 4.69) is 4.98 Å². The van der Waals surface area contributed by atoms with Crippen LogP contribution in [0.3, 0.4) is 0 Å². The zero-order valence-electron chi connectivity index (χ0n) is 15.5. The monoisotopic (exact) mass is 434 g/mol. The maximum absolute atomic E-state index is 13.5. The summed E-state index contributed by atoms with van der Waals surface area (Å²) in [6.07, 6.45) is 1.50. The molecule has 7 heteroatoms. The molecule has 0 saturated heterocycles. The minimum Gasteiger partial charge on any atom is -0.508 e. The number of aromatic hydroxyl groups is 1. The van der Waals surface area contributed by atoms with Gasteiger partial charge in [-0.3, -0.25) is 0 Å². The molecule has 148 valence electrons. The molecule has 0 amide bonds. The first-order chi connectivity index (χ1) is 14.5. The van der Waals surface area contributed by atoms with Crippen molar-refractivity contribution in [3.05, 3.63) is 90.1 Å². The number of hydrogen-bond acceptors (Lipinski definition) is 4. The van der Waals surface area contributed by atoms with E-state index in [0.717, 1.165) is 11.1 Å². The molecule has 0 fully saturated rings. The molecule has 3 aromatic carbocycles. The van der Waals surface area contributed by atoms with Gasteiger partial charge < -0.3 is 5.11 Å². The van der Waals surface area contributed by atoms with Gasteiger partial charge in [0, 0.05) is 17.0 Å². The van der Waals surface area contributed by atoms with Crippen molar-refractivity contribution < 1.29 is 13.5 Å². The Morgan fingerprint density at radius 1 is 0.867 bits per heavy atom. The molecule has 1 N–H and O–H groups in total. The predicted molar refractivity (Wildman–Crippen MR) is 118 cm³/mol. The average molecular weight is 435 g/mol. The molecule has 0 saturated carbocycles. The second-order valence-corrected chi connectivity index (χ2v) is 9.05. The molecule has 0 aliphatic rings. The summed E-state index contributed by atoms with van der Waals surface area (Å²) in [5, 5.41) is 11.3. The number of rotatable bonds is 3. The van der Waals surface area contributed by atoms with Crippen LogP contribution in [0.2, 0.25) is 5.02 Å². The first-order valence-electron chi connectivity index (χ1n) is 9.15. The van der Waals surface area contributed by atoms with Gasteiger partial charge in [-0.15, -0.1) is 0 Å². The molecular formula is C23H15ClN2O3S. The maximum atomic E-state index is 13.5. The molecule has 5 aromatic rings. The van der Waals surface area contributed by atoms with Gasteiger partial charge in [0.15, 0.2) is 5.65 Å². The fourth-order valence-electron chi connectivity index (χ4n) is 3.63. The van der Waals surface area contributed by atoms with Crippen molar-refractivity contribution in [1.29, 1.82) is 0 Å². The molecule has 2 aromatic heterocycles. The van der Waals surface area contributed by atoms with Gasteiger partial charge in [-0.2, -0.15) is 0 Å². The summed E-state index contributed by atoms with van der Waals surface area (Å²) >= 11 is 6.48. The van der Waals surface area contributed by atoms with E-state index >= 15 is 0 Å². The van der Waals surface area contributed by atoms with Crippen LogP contribution in [0.25, 0.3) is 33.1 Å². The number of pyridine rings is 1. The zero-order chi connectivity index (χ0) is 20.9. The maximum Gasteiger partial charge on any atom is 0.269 e. The van der Waals surface area contributed by atoms with Crippen LogP contribution < -0.4 is 0 Å². The van der Waals surface area contributed by atoms with Gasteiger partial charge >= 0.3 is 0 Å². The lowest BCUT2D eigenvalue weighted by atomic mass is 10.0. The number of hydrogen-bond donors (Lipinski definition) is 1. The minimum absolute atomic E-state index is 0.174. The molecule has 2 heterocycles. The van der Waals surface area contributed by atoms with Crippen LogP contribution in [0.15, 0.2) is 90.0 Å². The van der Waals surface area contributed by atoms with E-state index < -0.39 is 10.0 Å². The fourth-order valence-corrected chi connectivity index (χ4v) is 5.37. The van der Waals surface area contributed by atoms with E-state index in [4.69, 9.17) is 11.6 Å². The zero-order valence-corrected chi connectivity index (χ0v) is 17.1. The third-order valence-electron chi connectivity index (χ3n) is 5.04. The molecule has 0 bridgehead atoms. The van der Waals surface area contributed by atoms with Gasteiger partial charge in [-0.25, -0.2) is 17.4 Å². The van der Waals surface area contributed by atoms with Crippen molar-refractivity contribution in [2.75, 3.05) is 0 Å². The summed E-state index contributed by atoms with van der Waals surface area (Å²) in [7, 11) is -3.89. The minimum atomic E-state index is -3.89. The van der Waals surface area contributed by atoms with E-state index in [9.17, 15) is 13.5 Å². The first-order valence-corrected chi connectivity index (χ1v) is 11.0. The lowest BCUT2D eigenvalue weighted by Crippen LogP contribution is -2.13. The Bertz CT molecular complexity index is 1510. The Hall–Kier alpha value is -3.35. The summed E-state index contributed by atoms with van der Waals surface area (Å²) in [6, 6.07) is 22.2. The van der Waals surface area contributed by atoms with E-state index in [0.29, 0.717) is 21.3 Å². The number of benzene rings is 3. The van der Waals surface area contributed by atoms with Crippen LogP contribution in [0.1, 0.15) is 0 Å². The lowest BCUT2D eigenvalue weighted by Gasteiger charge is -2.09.